The molecule has 52 heavy (non-hydrogen) atoms. The molecule has 11 nitrogen and oxygen atoms in total. The third-order valence-corrected chi connectivity index (χ3v) is 9.69. The maximum absolute atomic E-state index is 13.9. The van der Waals surface area contributed by atoms with E-state index in [-0.39, 0.29) is 42.9 Å². The van der Waals surface area contributed by atoms with Crippen molar-refractivity contribution in [3.8, 4) is 11.1 Å². The Morgan fingerprint density at radius 3 is 1.98 bits per heavy atom. The van der Waals surface area contributed by atoms with Crippen molar-refractivity contribution in [3.05, 3.63) is 96.1 Å². The van der Waals surface area contributed by atoms with Gasteiger partial charge in [-0.15, -0.1) is 0 Å². The number of nitrogens with zero attached hydrogens (tertiary/aromatic N) is 1. The number of amides is 4. The first-order valence-corrected chi connectivity index (χ1v) is 18.9. The number of carbonyl (C=O) groups is 4. The maximum atomic E-state index is 13.9. The maximum Gasteiger partial charge on any atom is 0.244 e. The van der Waals surface area contributed by atoms with Crippen LogP contribution < -0.4 is 32.7 Å². The molecule has 0 bridgehead atoms. The van der Waals surface area contributed by atoms with Crippen LogP contribution in [0, 0.1) is 5.92 Å². The van der Waals surface area contributed by atoms with E-state index in [9.17, 15) is 19.2 Å². The van der Waals surface area contributed by atoms with Gasteiger partial charge in [0.05, 0.1) is 6.42 Å². The lowest BCUT2D eigenvalue weighted by molar-refractivity contribution is -0.133. The Labute approximate surface area is 312 Å². The predicted octanol–water partition coefficient (Wildman–Crippen LogP) is 3.66. The van der Waals surface area contributed by atoms with Gasteiger partial charge in [0, 0.05) is 18.8 Å². The second kappa shape index (κ2) is 21.5. The SMILES string of the molecule is NC(N)=NCCC[C@H](NC(=O)[C@H](CS)NC(=O)Cc1ccc(-c2ccccc2)cc1)C(=O)N[C@@H](CC1CCCCC1)C(=O)NCCc1ccccc1. The van der Waals surface area contributed by atoms with Crippen LogP contribution in [0.25, 0.3) is 11.1 Å². The minimum absolute atomic E-state index is 0.0149. The summed E-state index contributed by atoms with van der Waals surface area (Å²) in [5.74, 6) is -1.39. The van der Waals surface area contributed by atoms with Gasteiger partial charge in [-0.3, -0.25) is 24.2 Å². The number of carbonyl (C=O) groups excluding carboxylic acids is 4. The average molecular weight is 728 g/mol. The molecule has 1 aliphatic carbocycles. The van der Waals surface area contributed by atoms with Crippen LogP contribution in [0.1, 0.15) is 62.5 Å². The summed E-state index contributed by atoms with van der Waals surface area (Å²) in [5.41, 5.74) is 15.0. The van der Waals surface area contributed by atoms with Gasteiger partial charge in [-0.05, 0) is 53.9 Å². The van der Waals surface area contributed by atoms with Crippen molar-refractivity contribution in [1.82, 2.24) is 21.3 Å². The van der Waals surface area contributed by atoms with Crippen molar-refractivity contribution < 1.29 is 19.2 Å². The van der Waals surface area contributed by atoms with E-state index < -0.39 is 29.9 Å². The number of hydrogen-bond acceptors (Lipinski definition) is 6. The van der Waals surface area contributed by atoms with E-state index >= 15 is 0 Å². The topological polar surface area (TPSA) is 181 Å². The lowest BCUT2D eigenvalue weighted by Crippen LogP contribution is -2.57. The molecule has 12 heteroatoms. The van der Waals surface area contributed by atoms with Crippen LogP contribution in [-0.2, 0) is 32.0 Å². The van der Waals surface area contributed by atoms with Crippen molar-refractivity contribution in [2.45, 2.75) is 82.3 Å². The van der Waals surface area contributed by atoms with Gasteiger partial charge in [-0.25, -0.2) is 0 Å². The van der Waals surface area contributed by atoms with Crippen LogP contribution >= 0.6 is 12.6 Å². The Kier molecular flexibility index (Phi) is 16.5. The van der Waals surface area contributed by atoms with Gasteiger partial charge in [-0.1, -0.05) is 117 Å². The summed E-state index contributed by atoms with van der Waals surface area (Å²) in [7, 11) is 0. The van der Waals surface area contributed by atoms with E-state index in [1.165, 1.54) is 6.42 Å². The number of guanidine groups is 1. The molecular formula is C40H53N7O4S. The zero-order valence-electron chi connectivity index (χ0n) is 29.8. The Morgan fingerprint density at radius 2 is 1.33 bits per heavy atom. The lowest BCUT2D eigenvalue weighted by atomic mass is 9.84. The fourth-order valence-electron chi connectivity index (χ4n) is 6.47. The van der Waals surface area contributed by atoms with Gasteiger partial charge in [0.15, 0.2) is 5.96 Å². The Bertz CT molecular complexity index is 1600. The molecule has 0 aromatic heterocycles. The van der Waals surface area contributed by atoms with Crippen molar-refractivity contribution in [3.63, 3.8) is 0 Å². The standard InChI is InChI=1S/C40H53N7O4S/c41-40(42)44-23-10-17-33(38(50)47-34(25-29-13-6-2-7-14-29)37(49)43-24-22-28-11-4-1-5-12-28)46-39(51)35(27-52)45-36(48)26-30-18-20-32(21-19-30)31-15-8-3-9-16-31/h1,3-5,8-9,11-12,15-16,18-21,29,33-35,52H,2,6-7,10,13-14,17,22-27H2,(H,43,49)(H,45,48)(H,46,51)(H,47,50)(H4,41,42,44)/t33-,34-,35-/m0/s1. The minimum atomic E-state index is -1.00. The fourth-order valence-corrected chi connectivity index (χ4v) is 6.73. The number of aliphatic imine (C=N–C) groups is 1. The monoisotopic (exact) mass is 727 g/mol. The summed E-state index contributed by atoms with van der Waals surface area (Å²) < 4.78 is 0. The summed E-state index contributed by atoms with van der Waals surface area (Å²) in [4.78, 5) is 58.0. The molecule has 1 saturated carbocycles. The molecule has 0 unspecified atom stereocenters. The highest BCUT2D eigenvalue weighted by Crippen LogP contribution is 2.27. The summed E-state index contributed by atoms with van der Waals surface area (Å²) in [6.07, 6.45) is 7.22. The number of benzene rings is 3. The number of thiol groups is 1. The number of hydrogen-bond donors (Lipinski definition) is 7. The first-order chi connectivity index (χ1) is 25.2. The number of nitrogens with two attached hydrogens (primary N) is 2. The van der Waals surface area contributed by atoms with Gasteiger partial charge < -0.3 is 32.7 Å². The van der Waals surface area contributed by atoms with Gasteiger partial charge in [0.1, 0.15) is 18.1 Å². The molecule has 0 spiro atoms. The second-order valence-electron chi connectivity index (χ2n) is 13.4. The molecule has 0 aliphatic heterocycles. The Balaban J connectivity index is 1.39. The Hall–Kier alpha value is -4.84. The fraction of sp³-hybridized carbons (Fsp3) is 0.425. The smallest absolute Gasteiger partial charge is 0.244 e. The zero-order chi connectivity index (χ0) is 37.1. The molecule has 0 heterocycles. The largest absolute Gasteiger partial charge is 0.370 e. The van der Waals surface area contributed by atoms with Crippen LogP contribution in [0.15, 0.2) is 89.9 Å². The van der Waals surface area contributed by atoms with E-state index in [1.54, 1.807) is 0 Å². The molecule has 0 radical (unpaired) electrons. The van der Waals surface area contributed by atoms with Crippen LogP contribution in [-0.4, -0.2) is 66.6 Å². The lowest BCUT2D eigenvalue weighted by Gasteiger charge is -2.28. The third-order valence-electron chi connectivity index (χ3n) is 9.32. The van der Waals surface area contributed by atoms with Crippen molar-refractivity contribution in [1.29, 1.82) is 0 Å². The van der Waals surface area contributed by atoms with Gasteiger partial charge in [-0.2, -0.15) is 12.6 Å². The van der Waals surface area contributed by atoms with Crippen LogP contribution in [0.4, 0.5) is 0 Å². The summed E-state index contributed by atoms with van der Waals surface area (Å²) in [6, 6.07) is 24.7. The van der Waals surface area contributed by atoms with E-state index in [1.807, 2.05) is 84.9 Å². The normalized spacial score (nSPS) is 14.6. The highest BCUT2D eigenvalue weighted by atomic mass is 32.1. The minimum Gasteiger partial charge on any atom is -0.370 e. The van der Waals surface area contributed by atoms with Gasteiger partial charge in [0.2, 0.25) is 23.6 Å². The van der Waals surface area contributed by atoms with E-state index in [2.05, 4.69) is 38.9 Å². The molecule has 1 aliphatic rings. The molecule has 278 valence electrons. The predicted molar refractivity (Wildman–Crippen MR) is 209 cm³/mol. The molecule has 4 amide bonds. The molecule has 8 N–H and O–H groups in total. The molecule has 0 saturated heterocycles. The van der Waals surface area contributed by atoms with E-state index in [0.29, 0.717) is 31.7 Å². The molecule has 1 fully saturated rings. The second-order valence-corrected chi connectivity index (χ2v) is 13.7. The first kappa shape index (κ1) is 39.9. The van der Waals surface area contributed by atoms with Gasteiger partial charge >= 0.3 is 0 Å². The third kappa shape index (κ3) is 13.7. The molecule has 3 aromatic rings. The van der Waals surface area contributed by atoms with Gasteiger partial charge in [0.25, 0.3) is 0 Å². The number of nitrogens with one attached hydrogen (secondary N) is 4. The Morgan fingerprint density at radius 1 is 0.712 bits per heavy atom. The zero-order valence-corrected chi connectivity index (χ0v) is 30.7. The molecule has 4 rings (SSSR count). The van der Waals surface area contributed by atoms with Crippen LogP contribution in [0.2, 0.25) is 0 Å². The quantitative estimate of drug-likeness (QED) is 0.0429. The molecule has 3 atom stereocenters. The summed E-state index contributed by atoms with van der Waals surface area (Å²) in [5, 5.41) is 11.5. The van der Waals surface area contributed by atoms with Crippen LogP contribution in [0.5, 0.6) is 0 Å². The highest BCUT2D eigenvalue weighted by molar-refractivity contribution is 7.80. The molecular weight excluding hydrogens is 675 g/mol. The summed E-state index contributed by atoms with van der Waals surface area (Å²) in [6.45, 7) is 0.683. The van der Waals surface area contributed by atoms with Crippen molar-refractivity contribution >= 4 is 42.2 Å². The molecule has 3 aromatic carbocycles. The average Bonchev–Trinajstić information content (AvgIpc) is 3.16. The summed E-state index contributed by atoms with van der Waals surface area (Å²) >= 11 is 4.33. The van der Waals surface area contributed by atoms with E-state index in [4.69, 9.17) is 11.5 Å². The van der Waals surface area contributed by atoms with Crippen molar-refractivity contribution in [2.75, 3.05) is 18.8 Å². The van der Waals surface area contributed by atoms with E-state index in [0.717, 1.165) is 47.9 Å². The number of rotatable bonds is 19. The van der Waals surface area contributed by atoms with Crippen LogP contribution in [0.3, 0.4) is 0 Å². The highest BCUT2D eigenvalue weighted by Gasteiger charge is 2.31. The van der Waals surface area contributed by atoms with Crippen molar-refractivity contribution in [2.24, 2.45) is 22.4 Å². The first-order valence-electron chi connectivity index (χ1n) is 18.2.